The summed E-state index contributed by atoms with van der Waals surface area (Å²) in [5.41, 5.74) is 0.776. The predicted molar refractivity (Wildman–Crippen MR) is 93.5 cm³/mol. The molecule has 3 rings (SSSR count). The van der Waals surface area contributed by atoms with Gasteiger partial charge in [-0.05, 0) is 30.9 Å². The maximum absolute atomic E-state index is 11.6. The molecule has 126 valence electrons. The molecule has 0 radical (unpaired) electrons. The summed E-state index contributed by atoms with van der Waals surface area (Å²) >= 11 is 6.13. The Morgan fingerprint density at radius 3 is 2.67 bits per heavy atom. The SMILES string of the molecule is O=[N+]([O-])c1c(NCc2ccccc2Cl)ncnc1N1CCCCC1. The van der Waals surface area contributed by atoms with Crippen molar-refractivity contribution in [1.82, 2.24) is 9.97 Å². The molecular formula is C16H18ClN5O2. The maximum Gasteiger partial charge on any atom is 0.353 e. The zero-order valence-electron chi connectivity index (χ0n) is 13.1. The minimum Gasteiger partial charge on any atom is -0.360 e. The Morgan fingerprint density at radius 2 is 1.96 bits per heavy atom. The molecule has 0 bridgehead atoms. The Labute approximate surface area is 144 Å². The molecule has 2 aromatic rings. The fourth-order valence-electron chi connectivity index (χ4n) is 2.82. The highest BCUT2D eigenvalue weighted by molar-refractivity contribution is 6.31. The molecule has 1 saturated heterocycles. The van der Waals surface area contributed by atoms with Gasteiger partial charge in [-0.3, -0.25) is 10.1 Å². The van der Waals surface area contributed by atoms with E-state index in [0.717, 1.165) is 37.9 Å². The van der Waals surface area contributed by atoms with Gasteiger partial charge in [-0.2, -0.15) is 0 Å². The van der Waals surface area contributed by atoms with Crippen molar-refractivity contribution in [3.8, 4) is 0 Å². The Balaban J connectivity index is 1.87. The Kier molecular flexibility index (Phi) is 5.10. The third-order valence-electron chi connectivity index (χ3n) is 4.05. The number of nitrogens with one attached hydrogen (secondary N) is 1. The second-order valence-corrected chi connectivity index (χ2v) is 6.05. The van der Waals surface area contributed by atoms with Gasteiger partial charge in [0.25, 0.3) is 0 Å². The van der Waals surface area contributed by atoms with Crippen molar-refractivity contribution in [1.29, 1.82) is 0 Å². The highest BCUT2D eigenvalue weighted by Crippen LogP contribution is 2.33. The highest BCUT2D eigenvalue weighted by atomic mass is 35.5. The first-order valence-electron chi connectivity index (χ1n) is 7.88. The number of rotatable bonds is 5. The van der Waals surface area contributed by atoms with E-state index < -0.39 is 4.92 Å². The molecule has 0 saturated carbocycles. The lowest BCUT2D eigenvalue weighted by Gasteiger charge is -2.27. The molecule has 1 aromatic heterocycles. The van der Waals surface area contributed by atoms with E-state index >= 15 is 0 Å². The maximum atomic E-state index is 11.6. The van der Waals surface area contributed by atoms with Crippen LogP contribution in [-0.2, 0) is 6.54 Å². The number of hydrogen-bond donors (Lipinski definition) is 1. The zero-order chi connectivity index (χ0) is 16.9. The fourth-order valence-corrected chi connectivity index (χ4v) is 3.03. The number of piperidine rings is 1. The highest BCUT2D eigenvalue weighted by Gasteiger charge is 2.27. The number of hydrogen-bond acceptors (Lipinski definition) is 6. The normalized spacial score (nSPS) is 14.5. The first-order chi connectivity index (χ1) is 11.7. The van der Waals surface area contributed by atoms with Gasteiger partial charge in [0.05, 0.1) is 4.92 Å². The van der Waals surface area contributed by atoms with Crippen LogP contribution < -0.4 is 10.2 Å². The summed E-state index contributed by atoms with van der Waals surface area (Å²) in [4.78, 5) is 21.4. The zero-order valence-corrected chi connectivity index (χ0v) is 13.9. The van der Waals surface area contributed by atoms with Crippen LogP contribution in [0.4, 0.5) is 17.3 Å². The van der Waals surface area contributed by atoms with Crippen molar-refractivity contribution < 1.29 is 4.92 Å². The number of halogens is 1. The molecule has 2 heterocycles. The Bertz CT molecular complexity index is 734. The van der Waals surface area contributed by atoms with E-state index in [2.05, 4.69) is 15.3 Å². The molecule has 1 N–H and O–H groups in total. The lowest BCUT2D eigenvalue weighted by Crippen LogP contribution is -2.31. The molecule has 1 aliphatic heterocycles. The summed E-state index contributed by atoms with van der Waals surface area (Å²) in [5.74, 6) is 0.604. The molecule has 0 unspecified atom stereocenters. The van der Waals surface area contributed by atoms with Crippen molar-refractivity contribution in [2.24, 2.45) is 0 Å². The summed E-state index contributed by atoms with van der Waals surface area (Å²) in [6, 6.07) is 7.36. The van der Waals surface area contributed by atoms with Crippen LogP contribution in [0.25, 0.3) is 0 Å². The van der Waals surface area contributed by atoms with Crippen molar-refractivity contribution in [2.45, 2.75) is 25.8 Å². The molecule has 1 aromatic carbocycles. The minimum atomic E-state index is -0.418. The smallest absolute Gasteiger partial charge is 0.353 e. The Morgan fingerprint density at radius 1 is 1.21 bits per heavy atom. The van der Waals surface area contributed by atoms with Crippen molar-refractivity contribution >= 4 is 28.9 Å². The van der Waals surface area contributed by atoms with E-state index in [9.17, 15) is 10.1 Å². The van der Waals surface area contributed by atoms with Gasteiger partial charge in [-0.1, -0.05) is 29.8 Å². The van der Waals surface area contributed by atoms with Crippen LogP contribution in [0.2, 0.25) is 5.02 Å². The molecule has 0 amide bonds. The van der Waals surface area contributed by atoms with E-state index in [0.29, 0.717) is 17.4 Å². The summed E-state index contributed by atoms with van der Waals surface area (Å²) in [5, 5.41) is 15.2. The summed E-state index contributed by atoms with van der Waals surface area (Å²) in [6.45, 7) is 1.92. The fraction of sp³-hybridized carbons (Fsp3) is 0.375. The van der Waals surface area contributed by atoms with Crippen LogP contribution in [-0.4, -0.2) is 28.0 Å². The standard InChI is InChI=1S/C16H18ClN5O2/c17-13-7-3-2-6-12(13)10-18-15-14(22(23)24)16(20-11-19-15)21-8-4-1-5-9-21/h2-3,6-7,11H,1,4-5,8-10H2,(H,18,19,20). The Hall–Kier alpha value is -2.41. The number of nitrogens with zero attached hydrogens (tertiary/aromatic N) is 4. The van der Waals surface area contributed by atoms with Crippen LogP contribution >= 0.6 is 11.6 Å². The minimum absolute atomic E-state index is 0.0774. The summed E-state index contributed by atoms with van der Waals surface area (Å²) < 4.78 is 0. The van der Waals surface area contributed by atoms with Crippen molar-refractivity contribution in [3.05, 3.63) is 51.3 Å². The molecule has 0 spiro atoms. The average molecular weight is 348 g/mol. The number of nitro groups is 1. The molecule has 8 heteroatoms. The topological polar surface area (TPSA) is 84.2 Å². The average Bonchev–Trinajstić information content (AvgIpc) is 2.61. The van der Waals surface area contributed by atoms with E-state index in [-0.39, 0.29) is 11.5 Å². The van der Waals surface area contributed by atoms with E-state index in [1.807, 2.05) is 23.1 Å². The molecule has 24 heavy (non-hydrogen) atoms. The lowest BCUT2D eigenvalue weighted by atomic mass is 10.1. The van der Waals surface area contributed by atoms with Gasteiger partial charge in [-0.25, -0.2) is 9.97 Å². The first-order valence-corrected chi connectivity index (χ1v) is 8.26. The summed E-state index contributed by atoms with van der Waals surface area (Å²) in [6.07, 6.45) is 4.55. The van der Waals surface area contributed by atoms with Gasteiger partial charge in [0.15, 0.2) is 0 Å². The quantitative estimate of drug-likeness (QED) is 0.656. The first kappa shape index (κ1) is 16.4. The van der Waals surface area contributed by atoms with Crippen LogP contribution in [0.5, 0.6) is 0 Å². The van der Waals surface area contributed by atoms with Crippen LogP contribution in [0.1, 0.15) is 24.8 Å². The summed E-state index contributed by atoms with van der Waals surface area (Å²) in [7, 11) is 0. The molecular weight excluding hydrogens is 330 g/mol. The van der Waals surface area contributed by atoms with Gasteiger partial charge in [0, 0.05) is 24.7 Å². The molecule has 7 nitrogen and oxygen atoms in total. The molecule has 1 aliphatic rings. The molecule has 0 aliphatic carbocycles. The predicted octanol–water partition coefficient (Wildman–Crippen LogP) is 3.64. The molecule has 1 fully saturated rings. The van der Waals surface area contributed by atoms with Gasteiger partial charge in [0.1, 0.15) is 6.33 Å². The number of anilines is 2. The largest absolute Gasteiger partial charge is 0.360 e. The third-order valence-corrected chi connectivity index (χ3v) is 4.41. The third kappa shape index (κ3) is 3.56. The monoisotopic (exact) mass is 347 g/mol. The lowest BCUT2D eigenvalue weighted by molar-refractivity contribution is -0.383. The van der Waals surface area contributed by atoms with Crippen LogP contribution in [0, 0.1) is 10.1 Å². The number of benzene rings is 1. The van der Waals surface area contributed by atoms with Gasteiger partial charge in [0.2, 0.25) is 11.6 Å². The van der Waals surface area contributed by atoms with Gasteiger partial charge < -0.3 is 10.2 Å². The van der Waals surface area contributed by atoms with Crippen molar-refractivity contribution in [3.63, 3.8) is 0 Å². The van der Waals surface area contributed by atoms with E-state index in [1.54, 1.807) is 6.07 Å². The van der Waals surface area contributed by atoms with Crippen LogP contribution in [0.3, 0.4) is 0 Å². The second-order valence-electron chi connectivity index (χ2n) is 5.64. The molecule has 0 atom stereocenters. The van der Waals surface area contributed by atoms with Crippen molar-refractivity contribution in [2.75, 3.05) is 23.3 Å². The number of aromatic nitrogens is 2. The van der Waals surface area contributed by atoms with E-state index in [1.165, 1.54) is 6.33 Å². The van der Waals surface area contributed by atoms with Crippen LogP contribution in [0.15, 0.2) is 30.6 Å². The van der Waals surface area contributed by atoms with Gasteiger partial charge in [-0.15, -0.1) is 0 Å². The van der Waals surface area contributed by atoms with Gasteiger partial charge >= 0.3 is 5.69 Å². The van der Waals surface area contributed by atoms with E-state index in [4.69, 9.17) is 11.6 Å². The second kappa shape index (κ2) is 7.44.